The minimum atomic E-state index is -0.495. The number of aliphatic hydroxyl groups excluding tert-OH is 1. The Balaban J connectivity index is 1.49. The maximum absolute atomic E-state index is 12.0. The minimum Gasteiger partial charge on any atom is -0.394 e. The Morgan fingerprint density at radius 1 is 1.09 bits per heavy atom. The molecule has 1 aliphatic heterocycles. The van der Waals surface area contributed by atoms with Crippen LogP contribution in [-0.4, -0.2) is 47.8 Å². The highest BCUT2D eigenvalue weighted by molar-refractivity contribution is 5.80. The number of carbonyl (C=O) groups excluding carboxylic acids is 2. The van der Waals surface area contributed by atoms with Crippen LogP contribution in [0.3, 0.4) is 0 Å². The molecule has 2 aliphatic carbocycles. The number of aliphatic hydroxyl groups is 1. The van der Waals surface area contributed by atoms with E-state index in [-0.39, 0.29) is 42.9 Å². The van der Waals surface area contributed by atoms with Crippen molar-refractivity contribution in [2.75, 3.05) is 6.61 Å². The van der Waals surface area contributed by atoms with E-state index < -0.39 is 6.10 Å². The Morgan fingerprint density at radius 3 is 2.39 bits per heavy atom. The molecule has 3 aliphatic rings. The van der Waals surface area contributed by atoms with Crippen LogP contribution in [0, 0.1) is 5.92 Å². The summed E-state index contributed by atoms with van der Waals surface area (Å²) in [7, 11) is 0. The molecule has 0 unspecified atom stereocenters. The van der Waals surface area contributed by atoms with Gasteiger partial charge in [-0.2, -0.15) is 0 Å². The Morgan fingerprint density at radius 2 is 1.83 bits per heavy atom. The third kappa shape index (κ3) is 4.12. The molecule has 0 spiro atoms. The zero-order valence-electron chi connectivity index (χ0n) is 13.4. The van der Waals surface area contributed by atoms with Crippen LogP contribution >= 0.6 is 0 Å². The highest BCUT2D eigenvalue weighted by atomic mass is 16.5. The molecule has 2 fully saturated rings. The van der Waals surface area contributed by atoms with Gasteiger partial charge in [0.25, 0.3) is 0 Å². The molecule has 0 aromatic rings. The standard InChI is InChI=1S/C17H26N2O4/c20-10-15-14(19-17(22)11-3-1-4-11)8-7-13(23-15)9-16(21)18-12-5-2-6-12/h7-8,11-15,20H,1-6,9-10H2,(H,18,21)(H,19,22)/t13-,14+,15+/m1/s1. The monoisotopic (exact) mass is 322 g/mol. The predicted octanol–water partition coefficient (Wildman–Crippen LogP) is 0.646. The van der Waals surface area contributed by atoms with Crippen molar-refractivity contribution in [2.24, 2.45) is 5.92 Å². The van der Waals surface area contributed by atoms with Gasteiger partial charge in [0.05, 0.1) is 25.2 Å². The van der Waals surface area contributed by atoms with E-state index in [0.29, 0.717) is 6.04 Å². The summed E-state index contributed by atoms with van der Waals surface area (Å²) < 4.78 is 5.77. The molecular weight excluding hydrogens is 296 g/mol. The van der Waals surface area contributed by atoms with Gasteiger partial charge in [0.15, 0.2) is 0 Å². The molecule has 0 saturated heterocycles. The molecule has 0 aromatic heterocycles. The van der Waals surface area contributed by atoms with E-state index >= 15 is 0 Å². The fourth-order valence-electron chi connectivity index (χ4n) is 3.11. The maximum Gasteiger partial charge on any atom is 0.223 e. The van der Waals surface area contributed by atoms with E-state index in [4.69, 9.17) is 4.74 Å². The molecule has 0 aromatic carbocycles. The van der Waals surface area contributed by atoms with Gasteiger partial charge in [-0.15, -0.1) is 0 Å². The number of hydrogen-bond acceptors (Lipinski definition) is 4. The molecule has 6 nitrogen and oxygen atoms in total. The topological polar surface area (TPSA) is 87.7 Å². The number of carbonyl (C=O) groups is 2. The fourth-order valence-corrected chi connectivity index (χ4v) is 3.11. The smallest absolute Gasteiger partial charge is 0.223 e. The number of nitrogens with one attached hydrogen (secondary N) is 2. The van der Waals surface area contributed by atoms with Gasteiger partial charge in [-0.05, 0) is 32.1 Å². The minimum absolute atomic E-state index is 0.0157. The summed E-state index contributed by atoms with van der Waals surface area (Å²) in [5, 5.41) is 15.4. The average molecular weight is 322 g/mol. The average Bonchev–Trinajstić information content (AvgIpc) is 2.42. The van der Waals surface area contributed by atoms with Gasteiger partial charge in [-0.3, -0.25) is 9.59 Å². The van der Waals surface area contributed by atoms with Gasteiger partial charge in [0, 0.05) is 12.0 Å². The van der Waals surface area contributed by atoms with Crippen LogP contribution in [0.15, 0.2) is 12.2 Å². The van der Waals surface area contributed by atoms with Crippen LogP contribution in [-0.2, 0) is 14.3 Å². The van der Waals surface area contributed by atoms with Crippen LogP contribution in [0.1, 0.15) is 44.9 Å². The second-order valence-corrected chi connectivity index (χ2v) is 6.84. The van der Waals surface area contributed by atoms with Gasteiger partial charge in [-0.25, -0.2) is 0 Å². The van der Waals surface area contributed by atoms with E-state index in [1.54, 1.807) is 0 Å². The van der Waals surface area contributed by atoms with Crippen molar-refractivity contribution in [1.29, 1.82) is 0 Å². The largest absolute Gasteiger partial charge is 0.394 e. The lowest BCUT2D eigenvalue weighted by Gasteiger charge is -2.34. The maximum atomic E-state index is 12.0. The molecule has 0 radical (unpaired) electrons. The van der Waals surface area contributed by atoms with E-state index in [9.17, 15) is 14.7 Å². The summed E-state index contributed by atoms with van der Waals surface area (Å²) in [5.74, 6) is 0.126. The molecule has 3 rings (SSSR count). The molecule has 23 heavy (non-hydrogen) atoms. The van der Waals surface area contributed by atoms with Gasteiger partial charge < -0.3 is 20.5 Å². The van der Waals surface area contributed by atoms with Crippen molar-refractivity contribution in [1.82, 2.24) is 10.6 Å². The molecule has 3 atom stereocenters. The van der Waals surface area contributed by atoms with Crippen molar-refractivity contribution in [3.05, 3.63) is 12.2 Å². The first-order chi connectivity index (χ1) is 11.2. The lowest BCUT2D eigenvalue weighted by Crippen LogP contribution is -2.51. The van der Waals surface area contributed by atoms with Gasteiger partial charge in [-0.1, -0.05) is 18.6 Å². The number of ether oxygens (including phenoxy) is 1. The second kappa shape index (κ2) is 7.45. The molecule has 128 valence electrons. The first kappa shape index (κ1) is 16.5. The normalized spacial score (nSPS) is 31.1. The summed E-state index contributed by atoms with van der Waals surface area (Å²) in [6.07, 6.45) is 9.37. The number of amides is 2. The van der Waals surface area contributed by atoms with Crippen LogP contribution in [0.5, 0.6) is 0 Å². The highest BCUT2D eigenvalue weighted by Gasteiger charge is 2.32. The van der Waals surface area contributed by atoms with Crippen LogP contribution < -0.4 is 10.6 Å². The Kier molecular flexibility index (Phi) is 5.33. The second-order valence-electron chi connectivity index (χ2n) is 6.84. The molecule has 1 heterocycles. The molecule has 2 amide bonds. The van der Waals surface area contributed by atoms with Crippen LogP contribution in [0.25, 0.3) is 0 Å². The Labute approximate surface area is 136 Å². The molecule has 0 bridgehead atoms. The first-order valence-electron chi connectivity index (χ1n) is 8.70. The summed E-state index contributed by atoms with van der Waals surface area (Å²) in [5.41, 5.74) is 0. The van der Waals surface area contributed by atoms with E-state index in [1.807, 2.05) is 12.2 Å². The lowest BCUT2D eigenvalue weighted by molar-refractivity contribution is -0.132. The summed E-state index contributed by atoms with van der Waals surface area (Å²) in [6, 6.07) is -0.00253. The van der Waals surface area contributed by atoms with E-state index in [1.165, 1.54) is 6.42 Å². The van der Waals surface area contributed by atoms with Crippen molar-refractivity contribution in [2.45, 2.75) is 69.2 Å². The molecule has 3 N–H and O–H groups in total. The van der Waals surface area contributed by atoms with E-state index in [2.05, 4.69) is 10.6 Å². The van der Waals surface area contributed by atoms with Gasteiger partial charge in [0.1, 0.15) is 6.10 Å². The fraction of sp³-hybridized carbons (Fsp3) is 0.765. The quantitative estimate of drug-likeness (QED) is 0.627. The Hall–Kier alpha value is -1.40. The first-order valence-corrected chi connectivity index (χ1v) is 8.70. The van der Waals surface area contributed by atoms with Gasteiger partial charge in [0.2, 0.25) is 11.8 Å². The lowest BCUT2D eigenvalue weighted by atomic mass is 9.84. The number of hydrogen-bond donors (Lipinski definition) is 3. The van der Waals surface area contributed by atoms with Crippen molar-refractivity contribution in [3.8, 4) is 0 Å². The summed E-state index contributed by atoms with van der Waals surface area (Å²) >= 11 is 0. The third-order valence-electron chi connectivity index (χ3n) is 5.10. The molecule has 6 heteroatoms. The van der Waals surface area contributed by atoms with Gasteiger partial charge >= 0.3 is 0 Å². The molecular formula is C17H26N2O4. The zero-order chi connectivity index (χ0) is 16.2. The number of rotatable bonds is 6. The van der Waals surface area contributed by atoms with Crippen LogP contribution in [0.2, 0.25) is 0 Å². The molecule has 2 saturated carbocycles. The SMILES string of the molecule is O=C(C[C@H]1C=C[C@H](NC(=O)C2CCC2)[C@H](CO)O1)NC1CCC1. The van der Waals surface area contributed by atoms with Crippen molar-refractivity contribution < 1.29 is 19.4 Å². The van der Waals surface area contributed by atoms with Crippen LogP contribution in [0.4, 0.5) is 0 Å². The van der Waals surface area contributed by atoms with Crippen molar-refractivity contribution >= 4 is 11.8 Å². The summed E-state index contributed by atoms with van der Waals surface area (Å²) in [6.45, 7) is -0.180. The highest BCUT2D eigenvalue weighted by Crippen LogP contribution is 2.27. The van der Waals surface area contributed by atoms with E-state index in [0.717, 1.165) is 32.1 Å². The zero-order valence-corrected chi connectivity index (χ0v) is 13.4. The predicted molar refractivity (Wildman–Crippen MR) is 84.6 cm³/mol. The van der Waals surface area contributed by atoms with Crippen molar-refractivity contribution in [3.63, 3.8) is 0 Å². The summed E-state index contributed by atoms with van der Waals surface area (Å²) in [4.78, 5) is 24.0. The third-order valence-corrected chi connectivity index (χ3v) is 5.10. The Bertz CT molecular complexity index is 471.